The molecule has 1 rings (SSSR count). The zero-order valence-electron chi connectivity index (χ0n) is 13.0. The zero-order chi connectivity index (χ0) is 16.6. The zero-order valence-corrected chi connectivity index (χ0v) is 13.9. The van der Waals surface area contributed by atoms with Crippen LogP contribution >= 0.6 is 0 Å². The maximum atomic E-state index is 11.4. The first-order valence-corrected chi connectivity index (χ1v) is 8.91. The normalized spacial score (nSPS) is 12.9. The van der Waals surface area contributed by atoms with Gasteiger partial charge in [-0.3, -0.25) is 4.79 Å². The maximum Gasteiger partial charge on any atom is 0.307 e. The van der Waals surface area contributed by atoms with E-state index in [1.807, 2.05) is 13.8 Å². The van der Waals surface area contributed by atoms with Crippen LogP contribution in [0, 0.1) is 0 Å². The molecule has 0 aliphatic rings. The molecule has 0 fully saturated rings. The molecule has 3 N–H and O–H groups in total. The van der Waals surface area contributed by atoms with Gasteiger partial charge >= 0.3 is 5.97 Å². The second-order valence-electron chi connectivity index (χ2n) is 5.11. The molecule has 0 spiro atoms. The summed E-state index contributed by atoms with van der Waals surface area (Å²) in [5.74, 6) is -0.210. The Morgan fingerprint density at radius 2 is 1.95 bits per heavy atom. The van der Waals surface area contributed by atoms with Crippen LogP contribution in [0.5, 0.6) is 0 Å². The Kier molecular flexibility index (Phi) is 7.50. The maximum absolute atomic E-state index is 11.4. The van der Waals surface area contributed by atoms with Crippen molar-refractivity contribution in [2.75, 3.05) is 13.2 Å². The quantitative estimate of drug-likeness (QED) is 0.531. The van der Waals surface area contributed by atoms with Crippen LogP contribution in [-0.2, 0) is 19.6 Å². The number of unbranched alkanes of at least 4 members (excludes halogenated alkanes) is 1. The number of ether oxygens (including phenoxy) is 1. The molecule has 22 heavy (non-hydrogen) atoms. The van der Waals surface area contributed by atoms with E-state index in [2.05, 4.69) is 5.32 Å². The molecule has 0 amide bonds. The number of nitrogens with one attached hydrogen (secondary N) is 1. The number of carbonyl (C=O) groups excluding carboxylic acids is 1. The van der Waals surface area contributed by atoms with E-state index in [1.54, 1.807) is 12.1 Å². The average Bonchev–Trinajstić information content (AvgIpc) is 2.46. The molecule has 0 aliphatic heterocycles. The highest BCUT2D eigenvalue weighted by atomic mass is 32.2. The summed E-state index contributed by atoms with van der Waals surface area (Å²) in [5.41, 5.74) is 0.923. The molecule has 0 radical (unpaired) electrons. The van der Waals surface area contributed by atoms with Gasteiger partial charge in [-0.2, -0.15) is 0 Å². The summed E-state index contributed by atoms with van der Waals surface area (Å²) in [4.78, 5) is 11.5. The minimum absolute atomic E-state index is 0.00188. The molecule has 124 valence electrons. The fraction of sp³-hybridized carbons (Fsp3) is 0.533. The Morgan fingerprint density at radius 3 is 2.50 bits per heavy atom. The van der Waals surface area contributed by atoms with E-state index in [9.17, 15) is 13.2 Å². The average molecular weight is 328 g/mol. The summed E-state index contributed by atoms with van der Waals surface area (Å²) in [6.07, 6.45) is 2.19. The third kappa shape index (κ3) is 6.55. The largest absolute Gasteiger partial charge is 0.466 e. The highest BCUT2D eigenvalue weighted by molar-refractivity contribution is 7.89. The van der Waals surface area contributed by atoms with Crippen LogP contribution in [0.2, 0.25) is 0 Å². The molecule has 0 aliphatic carbocycles. The van der Waals surface area contributed by atoms with Gasteiger partial charge in [0, 0.05) is 12.6 Å². The molecule has 0 saturated heterocycles. The van der Waals surface area contributed by atoms with Crippen molar-refractivity contribution in [1.82, 2.24) is 5.32 Å². The van der Waals surface area contributed by atoms with Gasteiger partial charge in [0.15, 0.2) is 0 Å². The lowest BCUT2D eigenvalue weighted by atomic mass is 10.1. The van der Waals surface area contributed by atoms with Crippen molar-refractivity contribution in [3.63, 3.8) is 0 Å². The van der Waals surface area contributed by atoms with E-state index in [0.29, 0.717) is 19.6 Å². The summed E-state index contributed by atoms with van der Waals surface area (Å²) >= 11 is 0. The Morgan fingerprint density at radius 1 is 1.32 bits per heavy atom. The second kappa shape index (κ2) is 8.87. The molecule has 0 heterocycles. The standard InChI is InChI=1S/C15H24N2O4S/c1-3-4-11-21-15(18)9-10-17-12(2)13-5-7-14(8-6-13)22(16,19)20/h5-8,12,17H,3-4,9-11H2,1-2H3,(H2,16,19,20). The van der Waals surface area contributed by atoms with Crippen LogP contribution in [0.25, 0.3) is 0 Å². The number of primary sulfonamides is 1. The monoisotopic (exact) mass is 328 g/mol. The Labute approximate surface area is 132 Å². The predicted octanol–water partition coefficient (Wildman–Crippen LogP) is 1.72. The number of esters is 1. The molecule has 0 saturated carbocycles. The van der Waals surface area contributed by atoms with E-state index in [0.717, 1.165) is 18.4 Å². The SMILES string of the molecule is CCCCOC(=O)CCNC(C)c1ccc(S(N)(=O)=O)cc1. The minimum atomic E-state index is -3.67. The molecule has 1 atom stereocenters. The van der Waals surface area contributed by atoms with Crippen LogP contribution < -0.4 is 10.5 Å². The van der Waals surface area contributed by atoms with E-state index in [-0.39, 0.29) is 16.9 Å². The van der Waals surface area contributed by atoms with Gasteiger partial charge in [-0.05, 0) is 31.0 Å². The molecule has 1 aromatic rings. The summed E-state index contributed by atoms with van der Waals surface area (Å²) in [5, 5.41) is 8.25. The van der Waals surface area contributed by atoms with Crippen LogP contribution in [0.1, 0.15) is 44.7 Å². The number of rotatable bonds is 9. The fourth-order valence-corrected chi connectivity index (χ4v) is 2.37. The lowest BCUT2D eigenvalue weighted by Gasteiger charge is -2.14. The van der Waals surface area contributed by atoms with Crippen molar-refractivity contribution in [1.29, 1.82) is 0 Å². The van der Waals surface area contributed by atoms with Gasteiger partial charge < -0.3 is 10.1 Å². The minimum Gasteiger partial charge on any atom is -0.466 e. The third-order valence-electron chi connectivity index (χ3n) is 3.25. The first-order chi connectivity index (χ1) is 10.3. The van der Waals surface area contributed by atoms with Gasteiger partial charge in [-0.25, -0.2) is 13.6 Å². The van der Waals surface area contributed by atoms with E-state index in [4.69, 9.17) is 9.88 Å². The topological polar surface area (TPSA) is 98.5 Å². The first-order valence-electron chi connectivity index (χ1n) is 7.36. The Bertz CT molecular complexity index is 570. The molecule has 0 aromatic heterocycles. The summed E-state index contributed by atoms with van der Waals surface area (Å²) in [6.45, 7) is 4.95. The predicted molar refractivity (Wildman–Crippen MR) is 84.7 cm³/mol. The van der Waals surface area contributed by atoms with Gasteiger partial charge in [0.2, 0.25) is 10.0 Å². The lowest BCUT2D eigenvalue weighted by molar-refractivity contribution is -0.143. The van der Waals surface area contributed by atoms with E-state index in [1.165, 1.54) is 12.1 Å². The number of hydrogen-bond donors (Lipinski definition) is 2. The van der Waals surface area contributed by atoms with E-state index < -0.39 is 10.0 Å². The third-order valence-corrected chi connectivity index (χ3v) is 4.18. The Balaban J connectivity index is 2.39. The number of hydrogen-bond acceptors (Lipinski definition) is 5. The highest BCUT2D eigenvalue weighted by Crippen LogP contribution is 2.15. The van der Waals surface area contributed by atoms with Crippen molar-refractivity contribution in [2.24, 2.45) is 5.14 Å². The second-order valence-corrected chi connectivity index (χ2v) is 6.68. The van der Waals surface area contributed by atoms with Crippen LogP contribution in [0.4, 0.5) is 0 Å². The molecule has 7 heteroatoms. The molecule has 1 aromatic carbocycles. The fourth-order valence-electron chi connectivity index (χ4n) is 1.86. The molecule has 6 nitrogen and oxygen atoms in total. The number of sulfonamides is 1. The van der Waals surface area contributed by atoms with Gasteiger partial charge in [0.1, 0.15) is 0 Å². The Hall–Kier alpha value is -1.44. The highest BCUT2D eigenvalue weighted by Gasteiger charge is 2.10. The number of carbonyl (C=O) groups is 1. The van der Waals surface area contributed by atoms with Gasteiger partial charge in [0.05, 0.1) is 17.9 Å². The molecule has 0 bridgehead atoms. The van der Waals surface area contributed by atoms with Crippen molar-refractivity contribution in [2.45, 2.75) is 44.0 Å². The van der Waals surface area contributed by atoms with Gasteiger partial charge in [-0.15, -0.1) is 0 Å². The van der Waals surface area contributed by atoms with Crippen molar-refractivity contribution >= 4 is 16.0 Å². The van der Waals surface area contributed by atoms with E-state index >= 15 is 0 Å². The molecule has 1 unspecified atom stereocenters. The van der Waals surface area contributed by atoms with Crippen molar-refractivity contribution in [3.05, 3.63) is 29.8 Å². The summed E-state index contributed by atoms with van der Waals surface area (Å²) in [7, 11) is -3.67. The molecular weight excluding hydrogens is 304 g/mol. The van der Waals surface area contributed by atoms with Crippen molar-refractivity contribution in [3.8, 4) is 0 Å². The van der Waals surface area contributed by atoms with Crippen LogP contribution in [0.15, 0.2) is 29.2 Å². The first kappa shape index (κ1) is 18.6. The van der Waals surface area contributed by atoms with Gasteiger partial charge in [0.25, 0.3) is 0 Å². The summed E-state index contributed by atoms with van der Waals surface area (Å²) in [6, 6.07) is 6.36. The lowest BCUT2D eigenvalue weighted by Crippen LogP contribution is -2.23. The number of nitrogens with two attached hydrogens (primary N) is 1. The van der Waals surface area contributed by atoms with Crippen molar-refractivity contribution < 1.29 is 17.9 Å². The molecular formula is C15H24N2O4S. The smallest absolute Gasteiger partial charge is 0.307 e. The van der Waals surface area contributed by atoms with Crippen LogP contribution in [-0.4, -0.2) is 27.5 Å². The number of benzene rings is 1. The summed E-state index contributed by atoms with van der Waals surface area (Å²) < 4.78 is 27.4. The van der Waals surface area contributed by atoms with Gasteiger partial charge in [-0.1, -0.05) is 25.5 Å². The van der Waals surface area contributed by atoms with Crippen LogP contribution in [0.3, 0.4) is 0 Å².